The summed E-state index contributed by atoms with van der Waals surface area (Å²) in [6.07, 6.45) is 2.11. The molecule has 2 aromatic carbocycles. The zero-order valence-electron chi connectivity index (χ0n) is 20.3. The van der Waals surface area contributed by atoms with Gasteiger partial charge in [0.1, 0.15) is 0 Å². The van der Waals surface area contributed by atoms with Crippen LogP contribution < -0.4 is 10.4 Å². The van der Waals surface area contributed by atoms with Crippen LogP contribution in [-0.2, 0) is 13.9 Å². The van der Waals surface area contributed by atoms with Crippen molar-refractivity contribution in [2.45, 2.75) is 64.4 Å². The molecule has 1 aliphatic carbocycles. The minimum atomic E-state index is -2.54. The van der Waals surface area contributed by atoms with E-state index in [1.165, 1.54) is 15.9 Å². The highest BCUT2D eigenvalue weighted by molar-refractivity contribution is 6.99. The van der Waals surface area contributed by atoms with E-state index in [1.807, 2.05) is 13.8 Å². The number of hydrogen-bond donors (Lipinski definition) is 0. The Bertz CT molecular complexity index is 877. The first kappa shape index (κ1) is 23.4. The molecule has 0 N–H and O–H groups in total. The van der Waals surface area contributed by atoms with Crippen molar-refractivity contribution in [2.75, 3.05) is 13.2 Å². The van der Waals surface area contributed by atoms with E-state index in [-0.39, 0.29) is 11.1 Å². The van der Waals surface area contributed by atoms with Crippen LogP contribution in [0.3, 0.4) is 0 Å². The van der Waals surface area contributed by atoms with Crippen molar-refractivity contribution < 1.29 is 13.9 Å². The quantitative estimate of drug-likeness (QED) is 0.442. The Balaban J connectivity index is 1.67. The van der Waals surface area contributed by atoms with Gasteiger partial charge in [-0.05, 0) is 53.9 Å². The van der Waals surface area contributed by atoms with Gasteiger partial charge in [-0.2, -0.15) is 0 Å². The van der Waals surface area contributed by atoms with Gasteiger partial charge in [-0.3, -0.25) is 0 Å². The predicted molar refractivity (Wildman–Crippen MR) is 134 cm³/mol. The van der Waals surface area contributed by atoms with Crippen LogP contribution in [0.25, 0.3) is 0 Å². The minimum absolute atomic E-state index is 0.0181. The van der Waals surface area contributed by atoms with Crippen LogP contribution in [0.1, 0.15) is 47.5 Å². The predicted octanol–water partition coefficient (Wildman–Crippen LogP) is 5.30. The minimum Gasteiger partial charge on any atom is -0.407 e. The molecule has 3 atom stereocenters. The Kier molecular flexibility index (Phi) is 6.52. The largest absolute Gasteiger partial charge is 0.407 e. The summed E-state index contributed by atoms with van der Waals surface area (Å²) in [4.78, 5) is 0. The topological polar surface area (TPSA) is 27.7 Å². The van der Waals surface area contributed by atoms with Crippen molar-refractivity contribution in [2.24, 2.45) is 11.8 Å². The molecule has 3 nitrogen and oxygen atoms in total. The van der Waals surface area contributed by atoms with E-state index in [1.54, 1.807) is 0 Å². The van der Waals surface area contributed by atoms with Crippen molar-refractivity contribution in [3.8, 4) is 0 Å². The van der Waals surface area contributed by atoms with Gasteiger partial charge in [-0.15, -0.1) is 0 Å². The van der Waals surface area contributed by atoms with E-state index < -0.39 is 14.1 Å². The van der Waals surface area contributed by atoms with Gasteiger partial charge in [0.2, 0.25) is 0 Å². The van der Waals surface area contributed by atoms with E-state index in [9.17, 15) is 0 Å². The molecule has 172 valence electrons. The van der Waals surface area contributed by atoms with Crippen LogP contribution in [0.5, 0.6) is 0 Å². The lowest BCUT2D eigenvalue weighted by Crippen LogP contribution is -2.67. The standard InChI is InChI=1S/C28H38O3Si/c1-21-17-22(25(18-21)26-20-29-28(5,6)31-26)19-30-32(27(2,3)4,23-13-9-7-10-14-23)24-15-11-8-12-16-24/h7-16,22,25-26H,1,17-20H2,2-6H3/t22-,25+,26?/m0/s1. The Hall–Kier alpha value is -1.72. The molecule has 1 saturated carbocycles. The summed E-state index contributed by atoms with van der Waals surface area (Å²) >= 11 is 0. The van der Waals surface area contributed by atoms with Crippen molar-refractivity contribution in [3.05, 3.63) is 72.8 Å². The highest BCUT2D eigenvalue weighted by atomic mass is 28.4. The fourth-order valence-corrected chi connectivity index (χ4v) is 10.3. The summed E-state index contributed by atoms with van der Waals surface area (Å²) in [6, 6.07) is 21.8. The number of rotatable bonds is 6. The maximum absolute atomic E-state index is 7.24. The fourth-order valence-electron chi connectivity index (χ4n) is 5.64. The molecule has 1 saturated heterocycles. The average molecular weight is 451 g/mol. The van der Waals surface area contributed by atoms with Gasteiger partial charge in [0.15, 0.2) is 5.79 Å². The summed E-state index contributed by atoms with van der Waals surface area (Å²) in [5.41, 5.74) is 1.30. The second-order valence-corrected chi connectivity index (χ2v) is 15.2. The Morgan fingerprint density at radius 1 is 0.969 bits per heavy atom. The summed E-state index contributed by atoms with van der Waals surface area (Å²) in [5.74, 6) is 0.284. The molecular weight excluding hydrogens is 412 g/mol. The highest BCUT2D eigenvalue weighted by Gasteiger charge is 2.51. The molecule has 1 aliphatic heterocycles. The molecule has 4 heteroatoms. The Morgan fingerprint density at radius 3 is 2.00 bits per heavy atom. The number of benzene rings is 2. The molecule has 4 rings (SSSR count). The average Bonchev–Trinajstić information content (AvgIpc) is 3.30. The zero-order chi connectivity index (χ0) is 23.0. The molecule has 0 spiro atoms. The molecule has 2 aromatic rings. The van der Waals surface area contributed by atoms with Crippen molar-refractivity contribution in [1.82, 2.24) is 0 Å². The number of ether oxygens (including phenoxy) is 2. The molecule has 32 heavy (non-hydrogen) atoms. The van der Waals surface area contributed by atoms with Gasteiger partial charge in [0.25, 0.3) is 8.32 Å². The molecular formula is C28H38O3Si. The second kappa shape index (κ2) is 8.90. The normalized spacial score (nSPS) is 25.9. The van der Waals surface area contributed by atoms with E-state index in [2.05, 4.69) is 88.0 Å². The van der Waals surface area contributed by atoms with Crippen molar-refractivity contribution in [1.29, 1.82) is 0 Å². The van der Waals surface area contributed by atoms with Crippen molar-refractivity contribution >= 4 is 18.7 Å². The maximum Gasteiger partial charge on any atom is 0.261 e. The third kappa shape index (κ3) is 4.51. The smallest absolute Gasteiger partial charge is 0.261 e. The molecule has 2 fully saturated rings. The molecule has 0 radical (unpaired) electrons. The molecule has 1 heterocycles. The van der Waals surface area contributed by atoms with E-state index >= 15 is 0 Å². The summed E-state index contributed by atoms with van der Waals surface area (Å²) in [5, 5.41) is 2.64. The lowest BCUT2D eigenvalue weighted by molar-refractivity contribution is -0.146. The van der Waals surface area contributed by atoms with Crippen LogP contribution in [0.2, 0.25) is 5.04 Å². The highest BCUT2D eigenvalue weighted by Crippen LogP contribution is 2.44. The SMILES string of the molecule is C=C1C[C@@H](CO[Si](c2ccccc2)(c2ccccc2)C(C)(C)C)[C@H](C2COC(C)(C)O2)C1. The first-order chi connectivity index (χ1) is 15.1. The van der Waals surface area contributed by atoms with Crippen LogP contribution >= 0.6 is 0 Å². The van der Waals surface area contributed by atoms with E-state index in [0.717, 1.165) is 19.4 Å². The summed E-state index contributed by atoms with van der Waals surface area (Å²) in [6.45, 7) is 16.7. The maximum atomic E-state index is 7.24. The first-order valence-corrected chi connectivity index (χ1v) is 13.8. The monoisotopic (exact) mass is 450 g/mol. The van der Waals surface area contributed by atoms with E-state index in [4.69, 9.17) is 13.9 Å². The summed E-state index contributed by atoms with van der Waals surface area (Å²) < 4.78 is 19.4. The second-order valence-electron chi connectivity index (χ2n) is 10.9. The Labute approximate surface area is 194 Å². The van der Waals surface area contributed by atoms with Crippen LogP contribution in [0.4, 0.5) is 0 Å². The molecule has 1 unspecified atom stereocenters. The zero-order valence-corrected chi connectivity index (χ0v) is 21.3. The Morgan fingerprint density at radius 2 is 1.53 bits per heavy atom. The van der Waals surface area contributed by atoms with Gasteiger partial charge in [-0.25, -0.2) is 0 Å². The van der Waals surface area contributed by atoms with Crippen LogP contribution in [0, 0.1) is 11.8 Å². The van der Waals surface area contributed by atoms with Crippen molar-refractivity contribution in [3.63, 3.8) is 0 Å². The lowest BCUT2D eigenvalue weighted by Gasteiger charge is -2.44. The molecule has 0 aromatic heterocycles. The van der Waals surface area contributed by atoms with Gasteiger partial charge in [-0.1, -0.05) is 93.6 Å². The van der Waals surface area contributed by atoms with Gasteiger partial charge in [0.05, 0.1) is 12.7 Å². The lowest BCUT2D eigenvalue weighted by atomic mass is 9.91. The molecule has 0 amide bonds. The van der Waals surface area contributed by atoms with Gasteiger partial charge in [0, 0.05) is 6.61 Å². The third-order valence-electron chi connectivity index (χ3n) is 7.12. The summed E-state index contributed by atoms with van der Waals surface area (Å²) in [7, 11) is -2.54. The fraction of sp³-hybridized carbons (Fsp3) is 0.500. The third-order valence-corrected chi connectivity index (χ3v) is 12.1. The van der Waals surface area contributed by atoms with Crippen LogP contribution in [-0.4, -0.2) is 33.4 Å². The van der Waals surface area contributed by atoms with Crippen LogP contribution in [0.15, 0.2) is 72.8 Å². The van der Waals surface area contributed by atoms with Gasteiger partial charge >= 0.3 is 0 Å². The molecule has 0 bridgehead atoms. The van der Waals surface area contributed by atoms with E-state index in [0.29, 0.717) is 18.4 Å². The van der Waals surface area contributed by atoms with Gasteiger partial charge < -0.3 is 13.9 Å². The molecule has 2 aliphatic rings. The number of allylic oxidation sites excluding steroid dienone is 1. The first-order valence-electron chi connectivity index (χ1n) is 11.9. The number of hydrogen-bond acceptors (Lipinski definition) is 3.